The van der Waals surface area contributed by atoms with E-state index >= 15 is 0 Å². The molecule has 0 aliphatic carbocycles. The maximum atomic E-state index is 13.1. The fraction of sp³-hybridized carbons (Fsp3) is 0.333. The van der Waals surface area contributed by atoms with Gasteiger partial charge in [-0.05, 0) is 44.0 Å². The highest BCUT2D eigenvalue weighted by Crippen LogP contribution is 2.21. The lowest BCUT2D eigenvalue weighted by molar-refractivity contribution is -0.140. The van der Waals surface area contributed by atoms with E-state index in [4.69, 9.17) is 23.2 Å². The first-order valence-electron chi connectivity index (χ1n) is 8.86. The number of halogens is 2. The van der Waals surface area contributed by atoms with E-state index in [0.29, 0.717) is 10.0 Å². The largest absolute Gasteiger partial charge is 0.352 e. The van der Waals surface area contributed by atoms with Crippen LogP contribution in [0.3, 0.4) is 0 Å². The monoisotopic (exact) mass is 406 g/mol. The molecule has 0 aromatic heterocycles. The molecule has 2 aromatic carbocycles. The van der Waals surface area contributed by atoms with Crippen molar-refractivity contribution in [2.75, 3.05) is 0 Å². The van der Waals surface area contributed by atoms with Gasteiger partial charge in [0.05, 0.1) is 6.42 Å². The molecular weight excluding hydrogens is 383 g/mol. The van der Waals surface area contributed by atoms with Gasteiger partial charge in [0.1, 0.15) is 6.04 Å². The maximum absolute atomic E-state index is 13.1. The average Bonchev–Trinajstić information content (AvgIpc) is 2.61. The summed E-state index contributed by atoms with van der Waals surface area (Å²) in [5.74, 6) is -0.390. The van der Waals surface area contributed by atoms with Crippen molar-refractivity contribution in [2.24, 2.45) is 0 Å². The van der Waals surface area contributed by atoms with Gasteiger partial charge in [-0.25, -0.2) is 0 Å². The minimum atomic E-state index is -0.640. The lowest BCUT2D eigenvalue weighted by Gasteiger charge is -2.30. The normalized spacial score (nSPS) is 11.9. The third kappa shape index (κ3) is 5.98. The van der Waals surface area contributed by atoms with Crippen molar-refractivity contribution in [3.8, 4) is 0 Å². The summed E-state index contributed by atoms with van der Waals surface area (Å²) in [6, 6.07) is 13.9. The number of carbonyl (C=O) groups excluding carboxylic acids is 2. The number of hydrogen-bond donors (Lipinski definition) is 1. The van der Waals surface area contributed by atoms with Crippen LogP contribution in [-0.4, -0.2) is 28.8 Å². The van der Waals surface area contributed by atoms with Crippen LogP contribution in [0.4, 0.5) is 0 Å². The second kappa shape index (κ2) is 9.77. The van der Waals surface area contributed by atoms with Crippen molar-refractivity contribution in [2.45, 2.75) is 45.8 Å². The summed E-state index contributed by atoms with van der Waals surface area (Å²) in [6.07, 6.45) is 0.115. The van der Waals surface area contributed by atoms with E-state index in [1.807, 2.05) is 50.2 Å². The Morgan fingerprint density at radius 2 is 1.44 bits per heavy atom. The summed E-state index contributed by atoms with van der Waals surface area (Å²) in [7, 11) is 0. The Morgan fingerprint density at radius 3 is 1.96 bits per heavy atom. The highest BCUT2D eigenvalue weighted by Gasteiger charge is 2.27. The van der Waals surface area contributed by atoms with E-state index in [1.165, 1.54) is 0 Å². The second-order valence-electron chi connectivity index (χ2n) is 6.72. The van der Waals surface area contributed by atoms with E-state index in [2.05, 4.69) is 5.32 Å². The Labute approximate surface area is 170 Å². The van der Waals surface area contributed by atoms with Crippen molar-refractivity contribution in [3.05, 3.63) is 69.7 Å². The minimum absolute atomic E-state index is 0.0132. The van der Waals surface area contributed by atoms with Crippen LogP contribution in [-0.2, 0) is 22.6 Å². The molecule has 4 nitrogen and oxygen atoms in total. The van der Waals surface area contributed by atoms with Gasteiger partial charge in [0.15, 0.2) is 0 Å². The standard InChI is InChI=1S/C21H24Cl2N2O2/c1-14(2)24-21(27)15(3)25(13-17-9-5-7-11-19(17)23)20(26)12-16-8-4-6-10-18(16)22/h4-11,14-15H,12-13H2,1-3H3,(H,24,27)/t15-/m1/s1. The van der Waals surface area contributed by atoms with Crippen molar-refractivity contribution in [1.82, 2.24) is 10.2 Å². The third-order valence-electron chi connectivity index (χ3n) is 4.20. The Balaban J connectivity index is 2.27. The number of amides is 2. The summed E-state index contributed by atoms with van der Waals surface area (Å²) in [5.41, 5.74) is 1.51. The molecule has 2 amide bonds. The van der Waals surface area contributed by atoms with Gasteiger partial charge < -0.3 is 10.2 Å². The summed E-state index contributed by atoms with van der Waals surface area (Å²) in [6.45, 7) is 5.73. The van der Waals surface area contributed by atoms with Gasteiger partial charge in [0.25, 0.3) is 0 Å². The topological polar surface area (TPSA) is 49.4 Å². The quantitative estimate of drug-likeness (QED) is 0.736. The van der Waals surface area contributed by atoms with Crippen molar-refractivity contribution < 1.29 is 9.59 Å². The summed E-state index contributed by atoms with van der Waals surface area (Å²) in [5, 5.41) is 3.95. The lowest BCUT2D eigenvalue weighted by atomic mass is 10.1. The number of nitrogens with zero attached hydrogens (tertiary/aromatic N) is 1. The maximum Gasteiger partial charge on any atom is 0.242 e. The molecule has 0 spiro atoms. The zero-order valence-electron chi connectivity index (χ0n) is 15.7. The first-order chi connectivity index (χ1) is 12.8. The highest BCUT2D eigenvalue weighted by molar-refractivity contribution is 6.31. The molecule has 2 aromatic rings. The number of hydrogen-bond acceptors (Lipinski definition) is 2. The molecule has 144 valence electrons. The Kier molecular flexibility index (Phi) is 7.69. The fourth-order valence-electron chi connectivity index (χ4n) is 2.70. The number of rotatable bonds is 7. The zero-order valence-corrected chi connectivity index (χ0v) is 17.2. The van der Waals surface area contributed by atoms with Gasteiger partial charge in [-0.2, -0.15) is 0 Å². The predicted octanol–water partition coefficient (Wildman–Crippen LogP) is 4.48. The molecule has 1 N–H and O–H groups in total. The lowest BCUT2D eigenvalue weighted by Crippen LogP contribution is -2.49. The van der Waals surface area contributed by atoms with Crippen LogP contribution >= 0.6 is 23.2 Å². The molecule has 0 unspecified atom stereocenters. The third-order valence-corrected chi connectivity index (χ3v) is 4.93. The molecule has 0 fully saturated rings. The van der Waals surface area contributed by atoms with Crippen molar-refractivity contribution in [3.63, 3.8) is 0 Å². The Morgan fingerprint density at radius 1 is 0.926 bits per heavy atom. The molecule has 0 bridgehead atoms. The SMILES string of the molecule is CC(C)NC(=O)[C@@H](C)N(Cc1ccccc1Cl)C(=O)Cc1ccccc1Cl. The van der Waals surface area contributed by atoms with Crippen LogP contribution in [0.25, 0.3) is 0 Å². The van der Waals surface area contributed by atoms with Crippen LogP contribution < -0.4 is 5.32 Å². The van der Waals surface area contributed by atoms with Crippen LogP contribution in [0.1, 0.15) is 31.9 Å². The Hall–Kier alpha value is -2.04. The van der Waals surface area contributed by atoms with Gasteiger partial charge in [0.2, 0.25) is 11.8 Å². The minimum Gasteiger partial charge on any atom is -0.352 e. The number of nitrogens with one attached hydrogen (secondary N) is 1. The van der Waals surface area contributed by atoms with Crippen LogP contribution in [0, 0.1) is 0 Å². The molecule has 2 rings (SSSR count). The number of benzene rings is 2. The molecule has 0 radical (unpaired) electrons. The first kappa shape index (κ1) is 21.3. The van der Waals surface area contributed by atoms with E-state index < -0.39 is 6.04 Å². The molecule has 0 aliphatic rings. The summed E-state index contributed by atoms with van der Waals surface area (Å²) in [4.78, 5) is 27.1. The molecular formula is C21H24Cl2N2O2. The molecule has 27 heavy (non-hydrogen) atoms. The van der Waals surface area contributed by atoms with Gasteiger partial charge in [0, 0.05) is 22.6 Å². The highest BCUT2D eigenvalue weighted by atomic mass is 35.5. The van der Waals surface area contributed by atoms with Crippen molar-refractivity contribution >= 4 is 35.0 Å². The molecule has 0 heterocycles. The van der Waals surface area contributed by atoms with E-state index in [0.717, 1.165) is 11.1 Å². The molecule has 6 heteroatoms. The summed E-state index contributed by atoms with van der Waals surface area (Å²) < 4.78 is 0. The Bertz CT molecular complexity index is 808. The summed E-state index contributed by atoms with van der Waals surface area (Å²) >= 11 is 12.5. The van der Waals surface area contributed by atoms with Crippen LogP contribution in [0.15, 0.2) is 48.5 Å². The van der Waals surface area contributed by atoms with Gasteiger partial charge in [-0.15, -0.1) is 0 Å². The van der Waals surface area contributed by atoms with E-state index in [-0.39, 0.29) is 30.8 Å². The van der Waals surface area contributed by atoms with E-state index in [1.54, 1.807) is 24.0 Å². The molecule has 0 aliphatic heterocycles. The second-order valence-corrected chi connectivity index (χ2v) is 7.53. The van der Waals surface area contributed by atoms with Crippen LogP contribution in [0.2, 0.25) is 10.0 Å². The molecule has 1 atom stereocenters. The van der Waals surface area contributed by atoms with Crippen molar-refractivity contribution in [1.29, 1.82) is 0 Å². The predicted molar refractivity (Wildman–Crippen MR) is 110 cm³/mol. The van der Waals surface area contributed by atoms with Crippen LogP contribution in [0.5, 0.6) is 0 Å². The van der Waals surface area contributed by atoms with Gasteiger partial charge in [-0.3, -0.25) is 9.59 Å². The first-order valence-corrected chi connectivity index (χ1v) is 9.61. The smallest absolute Gasteiger partial charge is 0.242 e. The zero-order chi connectivity index (χ0) is 20.0. The number of carbonyl (C=O) groups is 2. The molecule has 0 saturated heterocycles. The molecule has 0 saturated carbocycles. The average molecular weight is 407 g/mol. The van der Waals surface area contributed by atoms with Gasteiger partial charge in [-0.1, -0.05) is 59.6 Å². The van der Waals surface area contributed by atoms with E-state index in [9.17, 15) is 9.59 Å². The fourth-order valence-corrected chi connectivity index (χ4v) is 3.10. The van der Waals surface area contributed by atoms with Gasteiger partial charge >= 0.3 is 0 Å².